The van der Waals surface area contributed by atoms with Crippen molar-refractivity contribution in [3.63, 3.8) is 0 Å². The summed E-state index contributed by atoms with van der Waals surface area (Å²) < 4.78 is 0. The number of pyridine rings is 1. The summed E-state index contributed by atoms with van der Waals surface area (Å²) in [6.45, 7) is 3.42. The van der Waals surface area contributed by atoms with Crippen LogP contribution in [0.2, 0.25) is 5.02 Å². The Hall–Kier alpha value is -1.29. The summed E-state index contributed by atoms with van der Waals surface area (Å²) in [7, 11) is 0. The van der Waals surface area contributed by atoms with Crippen molar-refractivity contribution in [2.24, 2.45) is 5.92 Å². The largest absolute Gasteiger partial charge is 0.384 e. The number of anilines is 1. The van der Waals surface area contributed by atoms with Gasteiger partial charge in [0.25, 0.3) is 0 Å². The third-order valence-electron chi connectivity index (χ3n) is 3.78. The summed E-state index contributed by atoms with van der Waals surface area (Å²) in [5.41, 5.74) is 6.35. The highest BCUT2D eigenvalue weighted by molar-refractivity contribution is 6.31. The van der Waals surface area contributed by atoms with Gasteiger partial charge < -0.3 is 10.6 Å². The van der Waals surface area contributed by atoms with Crippen molar-refractivity contribution in [3.8, 4) is 0 Å². The zero-order chi connectivity index (χ0) is 13.8. The fourth-order valence-electron chi connectivity index (χ4n) is 2.46. The van der Waals surface area contributed by atoms with E-state index >= 15 is 0 Å². The van der Waals surface area contributed by atoms with Crippen molar-refractivity contribution in [1.29, 1.82) is 0 Å². The molecule has 1 aliphatic heterocycles. The van der Waals surface area contributed by atoms with Crippen molar-refractivity contribution in [2.75, 3.05) is 12.3 Å². The van der Waals surface area contributed by atoms with Crippen LogP contribution < -0.4 is 5.73 Å². The molecular weight excluding hydrogens is 262 g/mol. The Labute approximate surface area is 118 Å². The number of carbonyl (C=O) groups excluding carboxylic acids is 1. The topological polar surface area (TPSA) is 59.2 Å². The highest BCUT2D eigenvalue weighted by Crippen LogP contribution is 2.24. The van der Waals surface area contributed by atoms with Crippen molar-refractivity contribution in [3.05, 3.63) is 22.8 Å². The molecule has 2 rings (SSSR count). The number of hydrogen-bond donors (Lipinski definition) is 1. The number of likely N-dealkylation sites (tertiary alicyclic amines) is 1. The predicted octanol–water partition coefficient (Wildman–Crippen LogP) is 2.86. The maximum atomic E-state index is 12.1. The van der Waals surface area contributed by atoms with Gasteiger partial charge in [0, 0.05) is 13.0 Å². The van der Waals surface area contributed by atoms with E-state index in [9.17, 15) is 4.79 Å². The molecule has 4 nitrogen and oxygen atoms in total. The van der Waals surface area contributed by atoms with E-state index in [0.29, 0.717) is 35.4 Å². The quantitative estimate of drug-likeness (QED) is 0.927. The lowest BCUT2D eigenvalue weighted by atomic mass is 9.98. The molecule has 104 valence electrons. The van der Waals surface area contributed by atoms with E-state index in [1.807, 2.05) is 4.90 Å². The zero-order valence-electron chi connectivity index (χ0n) is 11.2. The smallest absolute Gasteiger partial charge is 0.222 e. The normalized spacial score (nSPS) is 20.4. The summed E-state index contributed by atoms with van der Waals surface area (Å²) in [6.07, 6.45) is 3.81. The Balaban J connectivity index is 2.09. The number of rotatable bonds is 3. The number of halogens is 1. The summed E-state index contributed by atoms with van der Waals surface area (Å²) in [5.74, 6) is 1.28. The lowest BCUT2D eigenvalue weighted by Crippen LogP contribution is -2.30. The first-order valence-corrected chi connectivity index (χ1v) is 7.16. The number of hydrogen-bond acceptors (Lipinski definition) is 3. The van der Waals surface area contributed by atoms with Gasteiger partial charge in [-0.3, -0.25) is 4.79 Å². The molecule has 1 aromatic heterocycles. The van der Waals surface area contributed by atoms with E-state index in [1.54, 1.807) is 12.1 Å². The molecule has 0 saturated carbocycles. The van der Waals surface area contributed by atoms with Crippen LogP contribution in [0, 0.1) is 5.92 Å². The second-order valence-corrected chi connectivity index (χ2v) is 5.49. The molecule has 19 heavy (non-hydrogen) atoms. The van der Waals surface area contributed by atoms with Crippen LogP contribution in [0.4, 0.5) is 5.82 Å². The number of amides is 1. The van der Waals surface area contributed by atoms with Crippen LogP contribution >= 0.6 is 11.6 Å². The zero-order valence-corrected chi connectivity index (χ0v) is 12.0. The molecule has 0 aliphatic carbocycles. The van der Waals surface area contributed by atoms with Crippen molar-refractivity contribution >= 4 is 23.3 Å². The third kappa shape index (κ3) is 3.60. The second-order valence-electron chi connectivity index (χ2n) is 5.08. The van der Waals surface area contributed by atoms with Crippen LogP contribution in [0.25, 0.3) is 0 Å². The van der Waals surface area contributed by atoms with Gasteiger partial charge in [0.1, 0.15) is 5.82 Å². The van der Waals surface area contributed by atoms with Gasteiger partial charge in [0.05, 0.1) is 17.3 Å². The molecule has 1 fully saturated rings. The maximum Gasteiger partial charge on any atom is 0.222 e. The standard InChI is InChI=1S/C14H20ClN3O/c1-2-10-3-6-14(19)18(8-7-10)9-12-11(15)4-5-13(16)17-12/h4-5,10H,2-3,6-9H2,1H3,(H2,16,17). The average Bonchev–Trinajstić information content (AvgIpc) is 2.57. The summed E-state index contributed by atoms with van der Waals surface area (Å²) in [6, 6.07) is 3.40. The molecule has 0 spiro atoms. The summed E-state index contributed by atoms with van der Waals surface area (Å²) >= 11 is 6.10. The SMILES string of the molecule is CCC1CCC(=O)N(Cc2nc(N)ccc2Cl)CC1. The third-order valence-corrected chi connectivity index (χ3v) is 4.13. The van der Waals surface area contributed by atoms with E-state index in [-0.39, 0.29) is 5.91 Å². The average molecular weight is 282 g/mol. The molecule has 1 unspecified atom stereocenters. The van der Waals surface area contributed by atoms with Gasteiger partial charge in [-0.2, -0.15) is 0 Å². The van der Waals surface area contributed by atoms with E-state index < -0.39 is 0 Å². The molecular formula is C14H20ClN3O. The van der Waals surface area contributed by atoms with E-state index in [2.05, 4.69) is 11.9 Å². The number of nitrogens with zero attached hydrogens (tertiary/aromatic N) is 2. The lowest BCUT2D eigenvalue weighted by Gasteiger charge is -2.21. The van der Waals surface area contributed by atoms with Gasteiger partial charge in [0.2, 0.25) is 5.91 Å². The van der Waals surface area contributed by atoms with E-state index in [0.717, 1.165) is 25.8 Å². The van der Waals surface area contributed by atoms with Gasteiger partial charge in [-0.15, -0.1) is 0 Å². The first kappa shape index (κ1) is 14.1. The molecule has 2 N–H and O–H groups in total. The van der Waals surface area contributed by atoms with Gasteiger partial charge in [-0.05, 0) is 30.9 Å². The molecule has 5 heteroatoms. The monoisotopic (exact) mass is 281 g/mol. The molecule has 1 amide bonds. The minimum atomic E-state index is 0.191. The predicted molar refractivity (Wildman–Crippen MR) is 76.7 cm³/mol. The first-order valence-electron chi connectivity index (χ1n) is 6.78. The molecule has 0 bridgehead atoms. The minimum absolute atomic E-state index is 0.191. The molecule has 1 aromatic rings. The maximum absolute atomic E-state index is 12.1. The first-order chi connectivity index (χ1) is 9.10. The van der Waals surface area contributed by atoms with Crippen molar-refractivity contribution in [2.45, 2.75) is 39.2 Å². The highest BCUT2D eigenvalue weighted by atomic mass is 35.5. The Morgan fingerprint density at radius 2 is 2.26 bits per heavy atom. The molecule has 0 aromatic carbocycles. The number of nitrogen functional groups attached to an aromatic ring is 1. The Morgan fingerprint density at radius 1 is 1.47 bits per heavy atom. The number of nitrogens with two attached hydrogens (primary N) is 1. The van der Waals surface area contributed by atoms with Crippen LogP contribution in [0.15, 0.2) is 12.1 Å². The summed E-state index contributed by atoms with van der Waals surface area (Å²) in [4.78, 5) is 18.2. The Kier molecular flexibility index (Phi) is 4.64. The van der Waals surface area contributed by atoms with Crippen LogP contribution in [0.5, 0.6) is 0 Å². The molecule has 1 saturated heterocycles. The molecule has 0 radical (unpaired) electrons. The van der Waals surface area contributed by atoms with E-state index in [4.69, 9.17) is 17.3 Å². The number of carbonyl (C=O) groups is 1. The Morgan fingerprint density at radius 3 is 3.00 bits per heavy atom. The van der Waals surface area contributed by atoms with Gasteiger partial charge in [0.15, 0.2) is 0 Å². The van der Waals surface area contributed by atoms with Crippen LogP contribution in [0.1, 0.15) is 38.3 Å². The van der Waals surface area contributed by atoms with Crippen LogP contribution in [-0.4, -0.2) is 22.3 Å². The fourth-order valence-corrected chi connectivity index (χ4v) is 2.63. The van der Waals surface area contributed by atoms with Gasteiger partial charge in [-0.1, -0.05) is 24.9 Å². The van der Waals surface area contributed by atoms with Gasteiger partial charge in [-0.25, -0.2) is 4.98 Å². The van der Waals surface area contributed by atoms with Crippen LogP contribution in [0.3, 0.4) is 0 Å². The van der Waals surface area contributed by atoms with Crippen LogP contribution in [-0.2, 0) is 11.3 Å². The highest BCUT2D eigenvalue weighted by Gasteiger charge is 2.22. The fraction of sp³-hybridized carbons (Fsp3) is 0.571. The van der Waals surface area contributed by atoms with E-state index in [1.165, 1.54) is 0 Å². The molecule has 1 atom stereocenters. The second kappa shape index (κ2) is 6.24. The Bertz CT molecular complexity index is 464. The van der Waals surface area contributed by atoms with Crippen molar-refractivity contribution < 1.29 is 4.79 Å². The minimum Gasteiger partial charge on any atom is -0.384 e. The lowest BCUT2D eigenvalue weighted by molar-refractivity contribution is -0.131. The number of aromatic nitrogens is 1. The van der Waals surface area contributed by atoms with Gasteiger partial charge >= 0.3 is 0 Å². The van der Waals surface area contributed by atoms with Crippen molar-refractivity contribution in [1.82, 2.24) is 9.88 Å². The molecule has 1 aliphatic rings. The molecule has 2 heterocycles. The summed E-state index contributed by atoms with van der Waals surface area (Å²) in [5, 5.41) is 0.568.